The molecule has 1 aromatic rings. The number of allylic oxidation sites excluding steroid dienone is 2. The highest BCUT2D eigenvalue weighted by atomic mass is 16.6. The summed E-state index contributed by atoms with van der Waals surface area (Å²) >= 11 is 0. The van der Waals surface area contributed by atoms with E-state index in [9.17, 15) is 14.9 Å². The molecule has 0 unspecified atom stereocenters. The lowest BCUT2D eigenvalue weighted by Crippen LogP contribution is -2.10. The molecule has 16 heavy (non-hydrogen) atoms. The molecular weight excluding hydrogens is 208 g/mol. The van der Waals surface area contributed by atoms with Crippen molar-refractivity contribution in [1.29, 1.82) is 0 Å². The fourth-order valence-corrected chi connectivity index (χ4v) is 1.30. The van der Waals surface area contributed by atoms with Crippen molar-refractivity contribution in [2.45, 2.75) is 26.3 Å². The van der Waals surface area contributed by atoms with Gasteiger partial charge in [-0.1, -0.05) is 19.1 Å². The molecule has 0 atom stereocenters. The Balaban J connectivity index is 2.75. The van der Waals surface area contributed by atoms with E-state index in [1.54, 1.807) is 10.8 Å². The van der Waals surface area contributed by atoms with E-state index in [0.717, 1.165) is 12.8 Å². The maximum Gasteiger partial charge on any atom is 0.332 e. The highest BCUT2D eigenvalue weighted by Gasteiger charge is 2.10. The van der Waals surface area contributed by atoms with Crippen molar-refractivity contribution in [3.63, 3.8) is 0 Å². The molecule has 0 spiro atoms. The zero-order valence-electron chi connectivity index (χ0n) is 9.13. The highest BCUT2D eigenvalue weighted by Crippen LogP contribution is 2.03. The Morgan fingerprint density at radius 1 is 1.50 bits per heavy atom. The number of aromatic nitrogens is 1. The molecule has 5 heteroatoms. The molecule has 0 aromatic carbocycles. The Bertz CT molecular complexity index is 449. The van der Waals surface area contributed by atoms with Crippen molar-refractivity contribution in [3.8, 4) is 0 Å². The molecule has 0 fully saturated rings. The molecule has 1 rings (SSSR count). The van der Waals surface area contributed by atoms with Gasteiger partial charge in [0.15, 0.2) is 0 Å². The summed E-state index contributed by atoms with van der Waals surface area (Å²) in [5, 5.41) is 10.5. The smallest absolute Gasteiger partial charge is 0.332 e. The van der Waals surface area contributed by atoms with Gasteiger partial charge in [-0.3, -0.25) is 14.9 Å². The molecule has 0 saturated carbocycles. The van der Waals surface area contributed by atoms with Crippen molar-refractivity contribution in [2.75, 3.05) is 0 Å². The first-order valence-corrected chi connectivity index (χ1v) is 5.14. The SMILES string of the molecule is CC/C=C/CCn1ccc(=O)c([N+](=O)[O-])c1. The number of aryl methyl sites for hydroxylation is 1. The molecule has 5 nitrogen and oxygen atoms in total. The van der Waals surface area contributed by atoms with E-state index in [4.69, 9.17) is 0 Å². The standard InChI is InChI=1S/C11H14N2O3/c1-2-3-4-5-7-12-8-6-11(14)10(9-12)13(15)16/h3-4,6,8-9H,2,5,7H2,1H3/b4-3+. The number of hydrogen-bond donors (Lipinski definition) is 0. The predicted molar refractivity (Wildman–Crippen MR) is 61.4 cm³/mol. The molecule has 0 N–H and O–H groups in total. The first-order valence-electron chi connectivity index (χ1n) is 5.14. The summed E-state index contributed by atoms with van der Waals surface area (Å²) in [7, 11) is 0. The monoisotopic (exact) mass is 222 g/mol. The minimum Gasteiger partial charge on any atom is -0.348 e. The number of hydrogen-bond acceptors (Lipinski definition) is 3. The average Bonchev–Trinajstić information content (AvgIpc) is 2.26. The van der Waals surface area contributed by atoms with Crippen LogP contribution >= 0.6 is 0 Å². The van der Waals surface area contributed by atoms with Crippen LogP contribution in [-0.4, -0.2) is 9.49 Å². The van der Waals surface area contributed by atoms with E-state index in [0.29, 0.717) is 6.54 Å². The van der Waals surface area contributed by atoms with Crippen molar-refractivity contribution in [3.05, 3.63) is 50.9 Å². The van der Waals surface area contributed by atoms with Crippen molar-refractivity contribution < 1.29 is 4.92 Å². The van der Waals surface area contributed by atoms with Crippen molar-refractivity contribution >= 4 is 5.69 Å². The van der Waals surface area contributed by atoms with Gasteiger partial charge >= 0.3 is 5.69 Å². The van der Waals surface area contributed by atoms with Crippen LogP contribution in [0.4, 0.5) is 5.69 Å². The van der Waals surface area contributed by atoms with Gasteiger partial charge in [0.05, 0.1) is 11.1 Å². The molecule has 0 aliphatic carbocycles. The first kappa shape index (κ1) is 12.2. The topological polar surface area (TPSA) is 65.1 Å². The summed E-state index contributed by atoms with van der Waals surface area (Å²) in [6, 6.07) is 1.22. The second-order valence-corrected chi connectivity index (χ2v) is 3.36. The molecule has 0 saturated heterocycles. The normalized spacial score (nSPS) is 10.8. The lowest BCUT2D eigenvalue weighted by Gasteiger charge is -2.02. The van der Waals surface area contributed by atoms with Crippen LogP contribution < -0.4 is 5.43 Å². The molecule has 1 heterocycles. The minimum absolute atomic E-state index is 0.373. The minimum atomic E-state index is -0.652. The zero-order valence-corrected chi connectivity index (χ0v) is 9.13. The van der Waals surface area contributed by atoms with E-state index in [1.165, 1.54) is 12.3 Å². The number of rotatable bonds is 5. The average molecular weight is 222 g/mol. The van der Waals surface area contributed by atoms with Crippen LogP contribution in [0.1, 0.15) is 19.8 Å². The van der Waals surface area contributed by atoms with Gasteiger partial charge in [-0.25, -0.2) is 0 Å². The molecule has 1 aromatic heterocycles. The van der Waals surface area contributed by atoms with Gasteiger partial charge in [0.1, 0.15) is 0 Å². The Kier molecular flexibility index (Phi) is 4.44. The summed E-state index contributed by atoms with van der Waals surface area (Å²) < 4.78 is 1.65. The molecule has 0 bridgehead atoms. The van der Waals surface area contributed by atoms with Crippen LogP contribution in [0.15, 0.2) is 35.4 Å². The van der Waals surface area contributed by atoms with Crippen LogP contribution in [0.25, 0.3) is 0 Å². The Morgan fingerprint density at radius 3 is 2.88 bits per heavy atom. The molecular formula is C11H14N2O3. The fraction of sp³-hybridized carbons (Fsp3) is 0.364. The lowest BCUT2D eigenvalue weighted by molar-refractivity contribution is -0.386. The van der Waals surface area contributed by atoms with Gasteiger partial charge in [0.25, 0.3) is 5.43 Å². The van der Waals surface area contributed by atoms with Crippen molar-refractivity contribution in [1.82, 2.24) is 4.57 Å². The van der Waals surface area contributed by atoms with Crippen LogP contribution in [0, 0.1) is 10.1 Å². The van der Waals surface area contributed by atoms with E-state index in [1.807, 2.05) is 19.1 Å². The third-order valence-corrected chi connectivity index (χ3v) is 2.11. The third kappa shape index (κ3) is 3.34. The van der Waals surface area contributed by atoms with Crippen molar-refractivity contribution in [2.24, 2.45) is 0 Å². The number of nitro groups is 1. The zero-order chi connectivity index (χ0) is 12.0. The fourth-order valence-electron chi connectivity index (χ4n) is 1.30. The first-order chi connectivity index (χ1) is 7.65. The van der Waals surface area contributed by atoms with E-state index >= 15 is 0 Å². The summed E-state index contributed by atoms with van der Waals surface area (Å²) in [5.74, 6) is 0. The summed E-state index contributed by atoms with van der Waals surface area (Å²) in [6.07, 6.45) is 8.68. The second kappa shape index (κ2) is 5.85. The van der Waals surface area contributed by atoms with E-state index in [-0.39, 0.29) is 5.69 Å². The summed E-state index contributed by atoms with van der Waals surface area (Å²) in [5.41, 5.74) is -0.924. The molecule has 0 aliphatic rings. The van der Waals surface area contributed by atoms with Crippen LogP contribution in [0.2, 0.25) is 0 Å². The Hall–Kier alpha value is -1.91. The van der Waals surface area contributed by atoms with Crippen LogP contribution in [-0.2, 0) is 6.54 Å². The summed E-state index contributed by atoms with van der Waals surface area (Å²) in [4.78, 5) is 21.0. The summed E-state index contributed by atoms with van der Waals surface area (Å²) in [6.45, 7) is 2.68. The van der Waals surface area contributed by atoms with Gasteiger partial charge < -0.3 is 4.57 Å². The van der Waals surface area contributed by atoms with E-state index < -0.39 is 10.4 Å². The van der Waals surface area contributed by atoms with Gasteiger partial charge in [0.2, 0.25) is 0 Å². The van der Waals surface area contributed by atoms with Crippen LogP contribution in [0.5, 0.6) is 0 Å². The molecule has 86 valence electrons. The largest absolute Gasteiger partial charge is 0.348 e. The van der Waals surface area contributed by atoms with Gasteiger partial charge in [-0.2, -0.15) is 0 Å². The third-order valence-electron chi connectivity index (χ3n) is 2.11. The maximum atomic E-state index is 11.1. The lowest BCUT2D eigenvalue weighted by atomic mass is 10.3. The molecule has 0 aliphatic heterocycles. The Labute approximate surface area is 93.2 Å². The number of pyridine rings is 1. The predicted octanol–water partition coefficient (Wildman–Crippen LogP) is 2.11. The quantitative estimate of drug-likeness (QED) is 0.435. The highest BCUT2D eigenvalue weighted by molar-refractivity contribution is 5.25. The van der Waals surface area contributed by atoms with Gasteiger partial charge in [0, 0.05) is 18.8 Å². The molecule has 0 amide bonds. The Morgan fingerprint density at radius 2 is 2.25 bits per heavy atom. The van der Waals surface area contributed by atoms with Crippen LogP contribution in [0.3, 0.4) is 0 Å². The van der Waals surface area contributed by atoms with Gasteiger partial charge in [-0.15, -0.1) is 0 Å². The molecule has 0 radical (unpaired) electrons. The number of nitrogens with zero attached hydrogens (tertiary/aromatic N) is 2. The van der Waals surface area contributed by atoms with Gasteiger partial charge in [-0.05, 0) is 12.8 Å². The second-order valence-electron chi connectivity index (χ2n) is 3.36. The maximum absolute atomic E-state index is 11.1. The van der Waals surface area contributed by atoms with E-state index in [2.05, 4.69) is 0 Å².